The van der Waals surface area contributed by atoms with E-state index >= 15 is 0 Å². The van der Waals surface area contributed by atoms with Crippen LogP contribution in [0.4, 0.5) is 5.95 Å². The number of aryl methyl sites for hydroxylation is 1. The number of nitrogens with two attached hydrogens (primary N) is 1. The first-order valence-corrected chi connectivity index (χ1v) is 8.27. The van der Waals surface area contributed by atoms with Crippen LogP contribution in [0, 0.1) is 0 Å². The highest BCUT2D eigenvalue weighted by molar-refractivity contribution is 7.18. The van der Waals surface area contributed by atoms with Crippen LogP contribution in [0.15, 0.2) is 24.3 Å². The van der Waals surface area contributed by atoms with Gasteiger partial charge >= 0.3 is 0 Å². The second-order valence-electron chi connectivity index (χ2n) is 5.66. The quantitative estimate of drug-likeness (QED) is 0.803. The Kier molecular flexibility index (Phi) is 3.31. The van der Waals surface area contributed by atoms with Crippen LogP contribution in [-0.4, -0.2) is 31.2 Å². The van der Waals surface area contributed by atoms with Gasteiger partial charge in [0.1, 0.15) is 5.01 Å². The number of para-hydroxylation sites is 1. The normalized spacial score (nSPS) is 19.2. The first kappa shape index (κ1) is 13.7. The van der Waals surface area contributed by atoms with Crippen molar-refractivity contribution in [2.75, 3.05) is 12.3 Å². The summed E-state index contributed by atoms with van der Waals surface area (Å²) in [5, 5.41) is 5.60. The van der Waals surface area contributed by atoms with Crippen molar-refractivity contribution >= 4 is 27.5 Å². The van der Waals surface area contributed by atoms with Gasteiger partial charge in [0.15, 0.2) is 5.82 Å². The van der Waals surface area contributed by atoms with Gasteiger partial charge in [-0.3, -0.25) is 4.90 Å². The Morgan fingerprint density at radius 3 is 2.95 bits per heavy atom. The summed E-state index contributed by atoms with van der Waals surface area (Å²) >= 11 is 1.77. The molecule has 1 aliphatic heterocycles. The van der Waals surface area contributed by atoms with E-state index in [-0.39, 0.29) is 6.04 Å². The molecule has 0 aliphatic carbocycles. The van der Waals surface area contributed by atoms with E-state index in [9.17, 15) is 0 Å². The minimum absolute atomic E-state index is 0.246. The van der Waals surface area contributed by atoms with Gasteiger partial charge in [0.05, 0.1) is 22.8 Å². The van der Waals surface area contributed by atoms with Gasteiger partial charge in [0.25, 0.3) is 0 Å². The summed E-state index contributed by atoms with van der Waals surface area (Å²) in [6.45, 7) is 1.90. The van der Waals surface area contributed by atoms with Crippen LogP contribution >= 0.6 is 11.3 Å². The van der Waals surface area contributed by atoms with Crippen molar-refractivity contribution in [3.63, 3.8) is 0 Å². The van der Waals surface area contributed by atoms with E-state index in [1.165, 1.54) is 4.70 Å². The molecule has 0 saturated carbocycles. The molecular formula is C15H18N6S. The van der Waals surface area contributed by atoms with Crippen LogP contribution in [0.5, 0.6) is 0 Å². The molecule has 0 amide bonds. The second-order valence-corrected chi connectivity index (χ2v) is 6.77. The Morgan fingerprint density at radius 1 is 1.32 bits per heavy atom. The molecule has 2 N–H and O–H groups in total. The summed E-state index contributed by atoms with van der Waals surface area (Å²) in [7, 11) is 1.83. The van der Waals surface area contributed by atoms with Crippen molar-refractivity contribution in [1.82, 2.24) is 24.6 Å². The van der Waals surface area contributed by atoms with Crippen LogP contribution in [0.1, 0.15) is 29.7 Å². The third kappa shape index (κ3) is 2.36. The summed E-state index contributed by atoms with van der Waals surface area (Å²) in [4.78, 5) is 11.5. The number of aromatic nitrogens is 4. The Labute approximate surface area is 132 Å². The Bertz CT molecular complexity index is 755. The monoisotopic (exact) mass is 314 g/mol. The molecule has 2 aromatic heterocycles. The van der Waals surface area contributed by atoms with Crippen LogP contribution in [0.3, 0.4) is 0 Å². The lowest BCUT2D eigenvalue weighted by Gasteiger charge is -2.20. The van der Waals surface area contributed by atoms with Gasteiger partial charge in [0, 0.05) is 7.05 Å². The summed E-state index contributed by atoms with van der Waals surface area (Å²) in [5.74, 6) is 1.31. The number of anilines is 1. The van der Waals surface area contributed by atoms with E-state index in [0.29, 0.717) is 5.95 Å². The fourth-order valence-corrected chi connectivity index (χ4v) is 4.02. The molecule has 1 unspecified atom stereocenters. The van der Waals surface area contributed by atoms with Gasteiger partial charge in [-0.05, 0) is 31.5 Å². The number of likely N-dealkylation sites (tertiary alicyclic amines) is 1. The van der Waals surface area contributed by atoms with Crippen molar-refractivity contribution in [3.8, 4) is 0 Å². The zero-order chi connectivity index (χ0) is 15.1. The third-order valence-corrected chi connectivity index (χ3v) is 5.17. The first-order chi connectivity index (χ1) is 10.7. The molecule has 3 heterocycles. The van der Waals surface area contributed by atoms with Gasteiger partial charge in [0.2, 0.25) is 5.95 Å². The molecule has 114 valence electrons. The zero-order valence-corrected chi connectivity index (χ0v) is 13.3. The van der Waals surface area contributed by atoms with E-state index in [4.69, 9.17) is 10.7 Å². The van der Waals surface area contributed by atoms with Crippen molar-refractivity contribution < 1.29 is 0 Å². The Balaban J connectivity index is 1.58. The predicted octanol–water partition coefficient (Wildman–Crippen LogP) is 2.34. The largest absolute Gasteiger partial charge is 0.368 e. The fourth-order valence-electron chi connectivity index (χ4n) is 3.03. The van der Waals surface area contributed by atoms with Gasteiger partial charge < -0.3 is 5.73 Å². The number of thiazole rings is 1. The number of benzene rings is 1. The lowest BCUT2D eigenvalue weighted by atomic mass is 10.2. The van der Waals surface area contributed by atoms with Gasteiger partial charge in [-0.1, -0.05) is 12.1 Å². The highest BCUT2D eigenvalue weighted by atomic mass is 32.1. The highest BCUT2D eigenvalue weighted by Gasteiger charge is 2.30. The van der Waals surface area contributed by atoms with E-state index < -0.39 is 0 Å². The summed E-state index contributed by atoms with van der Waals surface area (Å²) in [6.07, 6.45) is 2.24. The molecule has 4 rings (SSSR count). The Morgan fingerprint density at radius 2 is 2.18 bits per heavy atom. The summed E-state index contributed by atoms with van der Waals surface area (Å²) in [6, 6.07) is 8.53. The van der Waals surface area contributed by atoms with Crippen LogP contribution < -0.4 is 5.73 Å². The molecule has 22 heavy (non-hydrogen) atoms. The maximum atomic E-state index is 5.82. The standard InChI is InChI=1S/C15H18N6S/c1-20-15(16)18-14(19-20)11-6-4-8-21(11)9-13-17-10-5-2-3-7-12(10)22-13/h2-3,5,7,11H,4,6,8-9H2,1H3,(H2,16,18,19). The number of hydrogen-bond donors (Lipinski definition) is 1. The third-order valence-electron chi connectivity index (χ3n) is 4.15. The maximum Gasteiger partial charge on any atom is 0.218 e. The molecule has 1 fully saturated rings. The molecule has 1 saturated heterocycles. The van der Waals surface area contributed by atoms with E-state index in [1.807, 2.05) is 13.1 Å². The number of fused-ring (bicyclic) bond motifs is 1. The van der Waals surface area contributed by atoms with E-state index in [2.05, 4.69) is 33.2 Å². The van der Waals surface area contributed by atoms with Gasteiger partial charge in [-0.25, -0.2) is 9.67 Å². The molecule has 1 atom stereocenters. The highest BCUT2D eigenvalue weighted by Crippen LogP contribution is 2.33. The van der Waals surface area contributed by atoms with Gasteiger partial charge in [-0.2, -0.15) is 10.1 Å². The number of hydrogen-bond acceptors (Lipinski definition) is 6. The van der Waals surface area contributed by atoms with E-state index in [0.717, 1.165) is 42.3 Å². The molecule has 0 spiro atoms. The first-order valence-electron chi connectivity index (χ1n) is 7.45. The molecular weight excluding hydrogens is 296 g/mol. The molecule has 6 nitrogen and oxygen atoms in total. The average Bonchev–Trinajstić information content (AvgIpc) is 3.19. The SMILES string of the molecule is Cn1nc(C2CCCN2Cc2nc3ccccc3s2)nc1N. The Hall–Kier alpha value is -1.99. The molecule has 0 radical (unpaired) electrons. The summed E-state index contributed by atoms with van der Waals surface area (Å²) in [5.41, 5.74) is 6.90. The van der Waals surface area contributed by atoms with E-state index in [1.54, 1.807) is 16.0 Å². The molecule has 0 bridgehead atoms. The fraction of sp³-hybridized carbons (Fsp3) is 0.400. The second kappa shape index (κ2) is 5.33. The predicted molar refractivity (Wildman–Crippen MR) is 87.4 cm³/mol. The smallest absolute Gasteiger partial charge is 0.218 e. The van der Waals surface area contributed by atoms with Crippen molar-refractivity contribution in [1.29, 1.82) is 0 Å². The topological polar surface area (TPSA) is 72.9 Å². The minimum atomic E-state index is 0.246. The zero-order valence-electron chi connectivity index (χ0n) is 12.4. The van der Waals surface area contributed by atoms with Crippen LogP contribution in [0.2, 0.25) is 0 Å². The van der Waals surface area contributed by atoms with Crippen LogP contribution in [-0.2, 0) is 13.6 Å². The average molecular weight is 314 g/mol. The van der Waals surface area contributed by atoms with Crippen molar-refractivity contribution in [2.24, 2.45) is 7.05 Å². The molecule has 1 aromatic carbocycles. The lowest BCUT2D eigenvalue weighted by Crippen LogP contribution is -2.23. The summed E-state index contributed by atoms with van der Waals surface area (Å²) < 4.78 is 2.89. The number of nitrogen functional groups attached to an aromatic ring is 1. The molecule has 3 aromatic rings. The molecule has 7 heteroatoms. The number of rotatable bonds is 3. The van der Waals surface area contributed by atoms with Crippen LogP contribution in [0.25, 0.3) is 10.2 Å². The lowest BCUT2D eigenvalue weighted by molar-refractivity contribution is 0.239. The maximum absolute atomic E-state index is 5.82. The van der Waals surface area contributed by atoms with Gasteiger partial charge in [-0.15, -0.1) is 11.3 Å². The van der Waals surface area contributed by atoms with Crippen molar-refractivity contribution in [3.05, 3.63) is 35.1 Å². The number of nitrogens with zero attached hydrogens (tertiary/aromatic N) is 5. The molecule has 1 aliphatic rings. The van der Waals surface area contributed by atoms with Crippen molar-refractivity contribution in [2.45, 2.75) is 25.4 Å². The minimum Gasteiger partial charge on any atom is -0.368 e.